The average molecular weight is 1430 g/mol. The number of halogens is 2. The standard InChI is InChI=1S/C11H13NOS.C11H18O.2C8H10ClN.C8H10N2O.C8H14N2.2C7H9N3O.C7H12N2S/c1-11(2,3)12-10(13)8-6-4-5-7-9(8)14-12;1-11(2,3)8-7-10(12)9-5-4-6-9;1-6(2)7-5-10-4-3-8(7)9;1-6(2)7-3-4-8(9)10-5-7;1-8(2,3)6-5-10-7(4-9)11-6;1-7(2)8-3-4-10(5-8)6-9;1-7(2,3)6-10-9-5(4-8)11-6;1-7(2,3)6-9-5(4-8)11-10-6;1-5-8-6(9-10-5)7(2,3)4/h4-7H,1-3H3;5H,4,6-8H2,1-3H3;2*3-6H,1-2H3;5H,1-3H3;7-8H,3-5H2,1-2H3;2*1-3H3;1-4H3. The van der Waals surface area contributed by atoms with Crippen molar-refractivity contribution in [2.75, 3.05) is 13.1 Å². The largest absolute Gasteiger partial charge is 0.433 e. The molecule has 0 N–H and O–H groups in total. The van der Waals surface area contributed by atoms with Crippen molar-refractivity contribution in [2.45, 2.75) is 244 Å². The van der Waals surface area contributed by atoms with Gasteiger partial charge < -0.3 is 18.3 Å². The van der Waals surface area contributed by atoms with E-state index in [9.17, 15) is 9.59 Å². The van der Waals surface area contributed by atoms with Gasteiger partial charge in [-0.1, -0.05) is 215 Å². The number of Topliss-reactive ketones (excluding diaryl/α,β-unsaturated/α-hetero) is 1. The number of carbonyl (C=O) groups excluding carboxylic acids is 1. The van der Waals surface area contributed by atoms with Crippen molar-refractivity contribution in [1.82, 2.24) is 53.5 Å². The number of benzene rings is 1. The lowest BCUT2D eigenvalue weighted by atomic mass is 9.86. The van der Waals surface area contributed by atoms with Gasteiger partial charge in [-0.3, -0.25) is 18.5 Å². The third-order valence-corrected chi connectivity index (χ3v) is 17.0. The fourth-order valence-corrected chi connectivity index (χ4v) is 10.1. The van der Waals surface area contributed by atoms with Crippen LogP contribution in [-0.4, -0.2) is 72.4 Å². The number of oxazole rings is 1. The molecule has 1 fully saturated rings. The van der Waals surface area contributed by atoms with Crippen molar-refractivity contribution < 1.29 is 18.2 Å². The van der Waals surface area contributed by atoms with Crippen molar-refractivity contribution >= 4 is 62.1 Å². The normalized spacial score (nSPS) is 13.3. The molecule has 2 aliphatic rings. The van der Waals surface area contributed by atoms with Gasteiger partial charge in [-0.15, -0.1) is 5.10 Å². The minimum atomic E-state index is -0.178. The van der Waals surface area contributed by atoms with Crippen LogP contribution in [0.3, 0.4) is 0 Å². The van der Waals surface area contributed by atoms with Gasteiger partial charge in [0.15, 0.2) is 36.0 Å². The van der Waals surface area contributed by atoms with E-state index in [1.165, 1.54) is 35.0 Å². The first kappa shape index (κ1) is 87.1. The molecule has 1 aliphatic heterocycles. The molecule has 8 aromatic rings. The number of ketones is 1. The Hall–Kier alpha value is -7.99. The lowest BCUT2D eigenvalue weighted by Gasteiger charge is -2.19. The zero-order valence-electron chi connectivity index (χ0n) is 63.0. The van der Waals surface area contributed by atoms with E-state index in [4.69, 9.17) is 53.1 Å². The summed E-state index contributed by atoms with van der Waals surface area (Å²) < 4.78 is 21.9. The predicted octanol–water partition coefficient (Wildman–Crippen LogP) is 19.5. The van der Waals surface area contributed by atoms with Crippen molar-refractivity contribution in [3.05, 3.63) is 157 Å². The number of likely N-dealkylation sites (tertiary alicyclic amines) is 1. The molecule has 1 unspecified atom stereocenters. The summed E-state index contributed by atoms with van der Waals surface area (Å²) in [6.07, 6.45) is 16.2. The van der Waals surface area contributed by atoms with Crippen LogP contribution in [0.5, 0.6) is 0 Å². The number of hydrogen-bond donors (Lipinski definition) is 0. The van der Waals surface area contributed by atoms with Crippen molar-refractivity contribution in [3.63, 3.8) is 0 Å². The lowest BCUT2D eigenvalue weighted by Crippen LogP contribution is -2.29. The molecule has 8 heterocycles. The van der Waals surface area contributed by atoms with E-state index in [0.717, 1.165) is 93.4 Å². The highest BCUT2D eigenvalue weighted by molar-refractivity contribution is 7.13. The van der Waals surface area contributed by atoms with Crippen LogP contribution in [-0.2, 0) is 32.0 Å². The van der Waals surface area contributed by atoms with Crippen LogP contribution in [0.2, 0.25) is 10.2 Å². The maximum Gasteiger partial charge on any atom is 0.329 e. The number of aryl methyl sites for hydroxylation is 1. The first-order chi connectivity index (χ1) is 45.7. The Labute approximate surface area is 606 Å². The number of fused-ring (bicyclic) bond motifs is 1. The Bertz CT molecular complexity index is 3860. The van der Waals surface area contributed by atoms with Crippen LogP contribution in [0, 0.1) is 69.6 Å². The molecule has 1 atom stereocenters. The summed E-state index contributed by atoms with van der Waals surface area (Å²) in [6, 6.07) is 18.8. The van der Waals surface area contributed by atoms with Crippen molar-refractivity contribution in [1.29, 1.82) is 21.0 Å². The zero-order valence-corrected chi connectivity index (χ0v) is 66.2. The monoisotopic (exact) mass is 1430 g/mol. The molecule has 0 saturated carbocycles. The molecule has 0 bridgehead atoms. The molecule has 20 nitrogen and oxygen atoms in total. The van der Waals surface area contributed by atoms with E-state index in [2.05, 4.69) is 145 Å². The van der Waals surface area contributed by atoms with E-state index in [1.807, 2.05) is 160 Å². The summed E-state index contributed by atoms with van der Waals surface area (Å²) in [5.41, 5.74) is 3.40. The van der Waals surface area contributed by atoms with E-state index in [1.54, 1.807) is 24.5 Å². The van der Waals surface area contributed by atoms with Gasteiger partial charge in [0.05, 0.1) is 21.8 Å². The fraction of sp³-hybridized carbons (Fsp3) is 0.560. The lowest BCUT2D eigenvalue weighted by molar-refractivity contribution is -0.116. The quantitative estimate of drug-likeness (QED) is 0.110. The molecule has 99 heavy (non-hydrogen) atoms. The van der Waals surface area contributed by atoms with Crippen molar-refractivity contribution in [3.8, 4) is 24.4 Å². The number of nitriles is 4. The molecule has 1 saturated heterocycles. The van der Waals surface area contributed by atoms with Crippen LogP contribution in [0.15, 0.2) is 97.1 Å². The number of allylic oxidation sites excluding steroid dienone is 2. The van der Waals surface area contributed by atoms with Gasteiger partial charge in [-0.25, -0.2) is 15.0 Å². The second-order valence-electron chi connectivity index (χ2n) is 30.9. The topological polar surface area (TPSA) is 293 Å². The molecular weight excluding hydrogens is 1330 g/mol. The maximum atomic E-state index is 11.9. The second-order valence-corrected chi connectivity index (χ2v) is 33.6. The van der Waals surface area contributed by atoms with Gasteiger partial charge in [-0.05, 0) is 135 Å². The fourth-order valence-electron chi connectivity index (χ4n) is 7.99. The van der Waals surface area contributed by atoms with E-state index in [0.29, 0.717) is 39.9 Å². The summed E-state index contributed by atoms with van der Waals surface area (Å²) in [6.45, 7) is 53.6. The molecule has 24 heteroatoms. The maximum absolute atomic E-state index is 11.9. The van der Waals surface area contributed by atoms with Crippen LogP contribution in [0.4, 0.5) is 0 Å². The SMILES string of the molecule is CC(C)(C)CCC(=O)C1=CCC1.CC(C)(C)c1cnc(C#N)o1.CC(C)(C)c1nnc(C#N)o1.CC(C)(C)c1noc(C#N)n1.CC(C)(C)n1sc2ccccc2c1=O.CC(C)C1CCN(C#N)C1.CC(C)c1ccc(Cl)nc1.CC(C)c1cnccc1Cl.Cc1nc(C(C)(C)C)ns1. The third kappa shape index (κ3) is 32.3. The first-order valence-corrected chi connectivity index (χ1v) is 35.4. The number of rotatable bonds is 6. The van der Waals surface area contributed by atoms with Crippen LogP contribution >= 0.6 is 46.3 Å². The third-order valence-electron chi connectivity index (χ3n) is 14.4. The Balaban J connectivity index is 0.000000380. The molecule has 1 aliphatic carbocycles. The molecule has 536 valence electrons. The summed E-state index contributed by atoms with van der Waals surface area (Å²) in [4.78, 5) is 45.1. The summed E-state index contributed by atoms with van der Waals surface area (Å²) in [5, 5.41) is 47.8. The average Bonchev–Trinajstić information content (AvgIpc) is 1.64. The van der Waals surface area contributed by atoms with Gasteiger partial charge in [0.25, 0.3) is 5.56 Å². The highest BCUT2D eigenvalue weighted by Crippen LogP contribution is 2.29. The molecule has 0 amide bonds. The van der Waals surface area contributed by atoms with Gasteiger partial charge in [0, 0.05) is 64.8 Å². The minimum Gasteiger partial charge on any atom is -0.433 e. The Morgan fingerprint density at radius 1 is 0.707 bits per heavy atom. The molecular formula is C75H105Cl2N15O5S2. The highest BCUT2D eigenvalue weighted by atomic mass is 35.5. The first-order valence-electron chi connectivity index (χ1n) is 33.1. The molecule has 7 aromatic heterocycles. The van der Waals surface area contributed by atoms with E-state index in [-0.39, 0.29) is 50.4 Å². The summed E-state index contributed by atoms with van der Waals surface area (Å²) >= 11 is 14.5. The Kier molecular flexibility index (Phi) is 34.9. The number of aromatic nitrogens is 10. The Morgan fingerprint density at radius 3 is 1.67 bits per heavy atom. The van der Waals surface area contributed by atoms with Crippen LogP contribution in [0.1, 0.15) is 267 Å². The van der Waals surface area contributed by atoms with Crippen LogP contribution < -0.4 is 5.56 Å². The number of carbonyl (C=O) groups is 1. The molecule has 0 radical (unpaired) electrons. The molecule has 1 aromatic carbocycles. The number of nitrogens with zero attached hydrogens (tertiary/aromatic N) is 15. The van der Waals surface area contributed by atoms with Gasteiger partial charge in [0.2, 0.25) is 5.89 Å². The van der Waals surface area contributed by atoms with Gasteiger partial charge in [-0.2, -0.15) is 30.4 Å². The second kappa shape index (κ2) is 39.7. The zero-order chi connectivity index (χ0) is 75.4. The van der Waals surface area contributed by atoms with Crippen molar-refractivity contribution in [2.24, 2.45) is 17.3 Å². The predicted molar refractivity (Wildman–Crippen MR) is 398 cm³/mol. The van der Waals surface area contributed by atoms with Crippen LogP contribution in [0.25, 0.3) is 10.1 Å². The summed E-state index contributed by atoms with van der Waals surface area (Å²) in [7, 11) is 0. The van der Waals surface area contributed by atoms with Gasteiger partial charge in [0.1, 0.15) is 21.7 Å². The van der Waals surface area contributed by atoms with E-state index >= 15 is 0 Å². The molecule has 10 rings (SSSR count). The number of pyridine rings is 2. The smallest absolute Gasteiger partial charge is 0.329 e. The molecule has 0 spiro atoms. The minimum absolute atomic E-state index is 0.0231. The van der Waals surface area contributed by atoms with E-state index < -0.39 is 0 Å². The summed E-state index contributed by atoms with van der Waals surface area (Å²) in [5.74, 6) is 5.78. The Morgan fingerprint density at radius 2 is 1.32 bits per heavy atom. The van der Waals surface area contributed by atoms with Gasteiger partial charge >= 0.3 is 17.7 Å². The number of hydrogen-bond acceptors (Lipinski definition) is 21. The highest BCUT2D eigenvalue weighted by Gasteiger charge is 2.26.